The van der Waals surface area contributed by atoms with E-state index in [4.69, 9.17) is 25.3 Å². The summed E-state index contributed by atoms with van der Waals surface area (Å²) >= 11 is 9.09. The molecule has 3 aromatic carbocycles. The topological polar surface area (TPSA) is 91.3 Å². The van der Waals surface area contributed by atoms with Crippen LogP contribution in [0, 0.1) is 5.92 Å². The lowest BCUT2D eigenvalue weighted by Gasteiger charge is -2.17. The van der Waals surface area contributed by atoms with E-state index < -0.39 is 13.7 Å². The molecule has 0 aromatic heterocycles. The molecule has 1 aliphatic rings. The molecule has 0 amide bonds. The Hall–Kier alpha value is -2.91. The van der Waals surface area contributed by atoms with E-state index >= 15 is 0 Å². The van der Waals surface area contributed by atoms with Gasteiger partial charge in [-0.05, 0) is 68.8 Å². The number of allylic oxidation sites excluding steroid dienone is 3. The fourth-order valence-electron chi connectivity index (χ4n) is 4.16. The first-order chi connectivity index (χ1) is 21.3. The van der Waals surface area contributed by atoms with E-state index in [2.05, 4.69) is 5.16 Å². The molecule has 0 bridgehead atoms. The van der Waals surface area contributed by atoms with E-state index in [1.54, 1.807) is 61.6 Å². The predicted molar refractivity (Wildman–Crippen MR) is 179 cm³/mol. The number of thioether (sulfide) groups is 2. The lowest BCUT2D eigenvalue weighted by Crippen LogP contribution is -2.24. The molecule has 0 fully saturated rings. The molecule has 4 rings (SSSR count). The van der Waals surface area contributed by atoms with Gasteiger partial charge in [-0.25, -0.2) is 4.57 Å². The van der Waals surface area contributed by atoms with Crippen molar-refractivity contribution in [2.45, 2.75) is 36.5 Å². The average molecular weight is 670 g/mol. The molecule has 11 heteroatoms. The van der Waals surface area contributed by atoms with Gasteiger partial charge in [0.15, 0.2) is 11.6 Å². The number of phosphoric ester groups is 1. The number of carbonyl (C=O) groups excluding carboxylic acids is 2. The number of hydrogen-bond donors (Lipinski definition) is 0. The molecular formula is C33H33ClNO6PS2. The largest absolute Gasteiger partial charge is 0.550 e. The van der Waals surface area contributed by atoms with Gasteiger partial charge in [-0.3, -0.25) is 23.3 Å². The average Bonchev–Trinajstić information content (AvgIpc) is 3.04. The van der Waals surface area contributed by atoms with Gasteiger partial charge in [0, 0.05) is 48.9 Å². The number of oxime groups is 1. The van der Waals surface area contributed by atoms with Crippen molar-refractivity contribution in [2.75, 3.05) is 19.0 Å². The number of hydrogen-bond acceptors (Lipinski definition) is 9. The molecule has 1 aliphatic carbocycles. The van der Waals surface area contributed by atoms with Crippen LogP contribution in [0.4, 0.5) is 0 Å². The molecule has 0 saturated carbocycles. The summed E-state index contributed by atoms with van der Waals surface area (Å²) < 4.78 is 28.4. The third-order valence-electron chi connectivity index (χ3n) is 6.32. The third kappa shape index (κ3) is 10.1. The number of nitrogens with zero attached hydrogens (tertiary/aromatic N) is 1. The minimum absolute atomic E-state index is 0.0211. The zero-order valence-electron chi connectivity index (χ0n) is 24.4. The summed E-state index contributed by atoms with van der Waals surface area (Å²) in [7, 11) is -3.94. The molecule has 44 heavy (non-hydrogen) atoms. The van der Waals surface area contributed by atoms with Gasteiger partial charge < -0.3 is 0 Å². The summed E-state index contributed by atoms with van der Waals surface area (Å²) in [6.07, 6.45) is 6.52. The summed E-state index contributed by atoms with van der Waals surface area (Å²) in [6.45, 7) is 3.54. The Bertz CT molecular complexity index is 1550. The van der Waals surface area contributed by atoms with Gasteiger partial charge in [0.2, 0.25) is 0 Å². The van der Waals surface area contributed by atoms with Crippen molar-refractivity contribution in [3.63, 3.8) is 0 Å². The first kappa shape index (κ1) is 34.0. The van der Waals surface area contributed by atoms with E-state index in [0.29, 0.717) is 28.3 Å². The molecule has 0 heterocycles. The molecule has 1 atom stereocenters. The Labute approximate surface area is 271 Å². The quantitative estimate of drug-likeness (QED) is 0.0490. The van der Waals surface area contributed by atoms with Crippen molar-refractivity contribution in [2.24, 2.45) is 11.1 Å². The van der Waals surface area contributed by atoms with Crippen LogP contribution in [0.2, 0.25) is 5.02 Å². The maximum atomic E-state index is 13.6. The minimum atomic E-state index is -3.94. The van der Waals surface area contributed by atoms with Crippen LogP contribution in [0.3, 0.4) is 0 Å². The number of carbonyl (C=O) groups is 2. The summed E-state index contributed by atoms with van der Waals surface area (Å²) in [5, 5.41) is 4.66. The van der Waals surface area contributed by atoms with Crippen molar-refractivity contribution in [3.05, 3.63) is 118 Å². The molecule has 0 aliphatic heterocycles. The van der Waals surface area contributed by atoms with E-state index in [1.807, 2.05) is 72.8 Å². The molecule has 3 aromatic rings. The fourth-order valence-corrected chi connectivity index (χ4v) is 7.02. The van der Waals surface area contributed by atoms with Gasteiger partial charge in [0.05, 0.1) is 13.2 Å². The Morgan fingerprint density at radius 1 is 0.909 bits per heavy atom. The Balaban J connectivity index is 1.40. The third-order valence-corrected chi connectivity index (χ3v) is 10.1. The van der Waals surface area contributed by atoms with Gasteiger partial charge in [0.1, 0.15) is 5.71 Å². The molecule has 0 saturated heterocycles. The maximum Gasteiger partial charge on any atom is 0.550 e. The lowest BCUT2D eigenvalue weighted by atomic mass is 9.92. The Kier molecular flexibility index (Phi) is 13.1. The SMILES string of the molecule is CCOP(=O)(OCC)O/N=C(\CCSc1ccc(Cl)cc1)C(=O)C1C=CC(Sc2ccc(C(=O)c3ccccc3)cc2)=CC1. The first-order valence-corrected chi connectivity index (χ1v) is 17.8. The minimum Gasteiger partial charge on any atom is -0.292 e. The summed E-state index contributed by atoms with van der Waals surface area (Å²) in [6, 6.07) is 24.1. The van der Waals surface area contributed by atoms with Gasteiger partial charge >= 0.3 is 7.82 Å². The summed E-state index contributed by atoms with van der Waals surface area (Å²) in [5.41, 5.74) is 1.43. The number of rotatable bonds is 16. The van der Waals surface area contributed by atoms with Crippen molar-refractivity contribution in [3.8, 4) is 0 Å². The van der Waals surface area contributed by atoms with Crippen LogP contribution in [0.1, 0.15) is 42.6 Å². The monoisotopic (exact) mass is 669 g/mol. The second kappa shape index (κ2) is 17.0. The van der Waals surface area contributed by atoms with E-state index in [9.17, 15) is 14.2 Å². The molecule has 0 radical (unpaired) electrons. The second-order valence-electron chi connectivity index (χ2n) is 9.45. The van der Waals surface area contributed by atoms with Crippen LogP contribution in [0.15, 0.2) is 117 Å². The van der Waals surface area contributed by atoms with Crippen LogP contribution in [0.5, 0.6) is 0 Å². The van der Waals surface area contributed by atoms with Gasteiger partial charge in [-0.1, -0.05) is 77.1 Å². The van der Waals surface area contributed by atoms with E-state index in [-0.39, 0.29) is 36.9 Å². The maximum absolute atomic E-state index is 13.6. The van der Waals surface area contributed by atoms with Crippen molar-refractivity contribution in [1.29, 1.82) is 0 Å². The number of benzene rings is 3. The highest BCUT2D eigenvalue weighted by atomic mass is 35.5. The molecule has 230 valence electrons. The number of Topliss-reactive ketones (excluding diaryl/α,β-unsaturated/α-hetero) is 1. The highest BCUT2D eigenvalue weighted by molar-refractivity contribution is 8.03. The second-order valence-corrected chi connectivity index (χ2v) is 13.8. The molecule has 1 unspecified atom stereocenters. The lowest BCUT2D eigenvalue weighted by molar-refractivity contribution is -0.115. The highest BCUT2D eigenvalue weighted by Crippen LogP contribution is 2.49. The van der Waals surface area contributed by atoms with E-state index in [1.165, 1.54) is 0 Å². The van der Waals surface area contributed by atoms with Gasteiger partial charge in [0.25, 0.3) is 0 Å². The van der Waals surface area contributed by atoms with Crippen LogP contribution in [-0.4, -0.2) is 36.2 Å². The standard InChI is InChI=1S/C33H33ClNO6PS2/c1-3-39-42(38,40-4-2)41-35-31(22-23-43-28-20-14-27(34)15-21-28)33(37)26-12-18-30(19-13-26)44-29-16-10-25(11-17-29)32(36)24-8-6-5-7-9-24/h5-12,14-21,26H,3-4,13,22-23H2,1-2H3/b35-31+. The predicted octanol–water partition coefficient (Wildman–Crippen LogP) is 9.43. The number of phosphoric acid groups is 1. The van der Waals surface area contributed by atoms with Crippen molar-refractivity contribution < 1.29 is 27.8 Å². The van der Waals surface area contributed by atoms with Gasteiger partial charge in [-0.2, -0.15) is 0 Å². The summed E-state index contributed by atoms with van der Waals surface area (Å²) in [4.78, 5) is 29.2. The summed E-state index contributed by atoms with van der Waals surface area (Å²) in [5.74, 6) is -0.153. The van der Waals surface area contributed by atoms with Crippen LogP contribution in [-0.2, 0) is 23.0 Å². The van der Waals surface area contributed by atoms with Crippen LogP contribution in [0.25, 0.3) is 0 Å². The molecule has 0 spiro atoms. The van der Waals surface area contributed by atoms with Crippen LogP contribution >= 0.6 is 42.9 Å². The zero-order valence-corrected chi connectivity index (χ0v) is 27.7. The smallest absolute Gasteiger partial charge is 0.292 e. The number of ketones is 2. The highest BCUT2D eigenvalue weighted by Gasteiger charge is 2.29. The van der Waals surface area contributed by atoms with Crippen LogP contribution < -0.4 is 0 Å². The Morgan fingerprint density at radius 3 is 2.16 bits per heavy atom. The van der Waals surface area contributed by atoms with Crippen molar-refractivity contribution >= 4 is 60.2 Å². The zero-order chi connectivity index (χ0) is 31.4. The van der Waals surface area contributed by atoms with E-state index in [0.717, 1.165) is 14.7 Å². The van der Waals surface area contributed by atoms with Crippen molar-refractivity contribution in [1.82, 2.24) is 0 Å². The number of halogens is 1. The van der Waals surface area contributed by atoms with Gasteiger partial charge in [-0.15, -0.1) is 11.8 Å². The normalized spacial score (nSPS) is 15.1. The first-order valence-electron chi connectivity index (χ1n) is 14.1. The fraction of sp³-hybridized carbons (Fsp3) is 0.242. The Morgan fingerprint density at radius 2 is 1.55 bits per heavy atom. The molecule has 0 N–H and O–H groups in total. The molecular weight excluding hydrogens is 637 g/mol. The molecule has 7 nitrogen and oxygen atoms in total.